The molecule has 0 saturated carbocycles. The van der Waals surface area contributed by atoms with Crippen molar-refractivity contribution < 1.29 is 33.7 Å². The third kappa shape index (κ3) is 9.37. The molecular weight excluding hydrogens is 622 g/mol. The van der Waals surface area contributed by atoms with Crippen LogP contribution in [0.15, 0.2) is 53.5 Å². The number of nitrogens with zero attached hydrogens (tertiary/aromatic N) is 6. The van der Waals surface area contributed by atoms with Gasteiger partial charge < -0.3 is 19.3 Å². The topological polar surface area (TPSA) is 190 Å². The lowest BCUT2D eigenvalue weighted by molar-refractivity contribution is -0.385. The van der Waals surface area contributed by atoms with Gasteiger partial charge in [0.15, 0.2) is 0 Å². The SMILES string of the molecule is CN(C[C@H]1CCN(C(=O)[C@@H]2C[C@H](S)CN2C)C1)/C(=N/C(=O)OCc1ccc([N+](=O)[O-])cc1)NC(=O)OCc1ccc([N+](=O)[O-])cc1. The Labute approximate surface area is 270 Å². The predicted octanol–water partition coefficient (Wildman–Crippen LogP) is 3.20. The zero-order valence-corrected chi connectivity index (χ0v) is 26.2. The number of nitro groups is 2. The average Bonchev–Trinajstić information content (AvgIpc) is 3.63. The van der Waals surface area contributed by atoms with Crippen LogP contribution < -0.4 is 5.32 Å². The van der Waals surface area contributed by atoms with Crippen molar-refractivity contribution in [2.75, 3.05) is 40.3 Å². The van der Waals surface area contributed by atoms with Crippen molar-refractivity contribution in [2.24, 2.45) is 10.9 Å². The standard InChI is InChI=1S/C29H35N7O9S/c1-32-16-24(46)13-25(32)26(37)34-12-11-21(15-34)14-33(2)27(30-28(38)44-17-19-3-7-22(8-4-19)35(40)41)31-29(39)45-18-20-5-9-23(10-6-20)36(42)43/h3-10,21,24-25,46H,11-18H2,1-2H3,(H,30,31,38,39)/t21-,24+,25+/m1/s1. The predicted molar refractivity (Wildman–Crippen MR) is 168 cm³/mol. The molecule has 2 aliphatic rings. The second-order valence-electron chi connectivity index (χ2n) is 11.2. The molecule has 16 nitrogen and oxygen atoms in total. The summed E-state index contributed by atoms with van der Waals surface area (Å²) in [5, 5.41) is 24.4. The molecule has 0 radical (unpaired) electrons. The van der Waals surface area contributed by atoms with E-state index in [0.29, 0.717) is 43.6 Å². The summed E-state index contributed by atoms with van der Waals surface area (Å²) in [6.07, 6.45) is -0.561. The molecule has 4 rings (SSSR count). The number of nitrogens with one attached hydrogen (secondary N) is 1. The number of aliphatic imine (C=N–C) groups is 1. The Balaban J connectivity index is 1.39. The van der Waals surface area contributed by atoms with Gasteiger partial charge in [0.1, 0.15) is 13.2 Å². The second kappa shape index (κ2) is 15.5. The van der Waals surface area contributed by atoms with E-state index in [2.05, 4.69) is 22.9 Å². The van der Waals surface area contributed by atoms with Crippen molar-refractivity contribution in [1.29, 1.82) is 0 Å². The van der Waals surface area contributed by atoms with Crippen LogP contribution in [0.3, 0.4) is 0 Å². The van der Waals surface area contributed by atoms with Gasteiger partial charge in [-0.2, -0.15) is 12.6 Å². The van der Waals surface area contributed by atoms with Crippen LogP contribution in [0.1, 0.15) is 24.0 Å². The number of benzene rings is 2. The maximum atomic E-state index is 13.2. The van der Waals surface area contributed by atoms with Crippen LogP contribution in [0.2, 0.25) is 0 Å². The summed E-state index contributed by atoms with van der Waals surface area (Å²) in [6.45, 7) is 1.74. The molecule has 2 heterocycles. The van der Waals surface area contributed by atoms with E-state index in [1.807, 2.05) is 16.8 Å². The molecule has 0 aliphatic carbocycles. The number of likely N-dealkylation sites (N-methyl/N-ethyl adjacent to an activating group) is 1. The molecule has 2 fully saturated rings. The van der Waals surface area contributed by atoms with Crippen LogP contribution in [0, 0.1) is 26.1 Å². The van der Waals surface area contributed by atoms with Crippen LogP contribution in [-0.4, -0.2) is 100 Å². The lowest BCUT2D eigenvalue weighted by atomic mass is 10.1. The minimum atomic E-state index is -1.02. The Morgan fingerprint density at radius 1 is 0.978 bits per heavy atom. The Kier molecular flexibility index (Phi) is 11.5. The number of alkyl carbamates (subject to hydrolysis) is 1. The molecule has 2 saturated heterocycles. The Bertz CT molecular complexity index is 1470. The van der Waals surface area contributed by atoms with Gasteiger partial charge in [-0.25, -0.2) is 9.59 Å². The lowest BCUT2D eigenvalue weighted by Gasteiger charge is -2.26. The van der Waals surface area contributed by atoms with Gasteiger partial charge in [-0.1, -0.05) is 0 Å². The van der Waals surface area contributed by atoms with Gasteiger partial charge in [0.25, 0.3) is 11.4 Å². The summed E-state index contributed by atoms with van der Waals surface area (Å²) in [5.41, 5.74) is 0.780. The lowest BCUT2D eigenvalue weighted by Crippen LogP contribution is -2.46. The van der Waals surface area contributed by atoms with Crippen molar-refractivity contribution in [1.82, 2.24) is 20.0 Å². The van der Waals surface area contributed by atoms with Crippen LogP contribution in [0.5, 0.6) is 0 Å². The zero-order valence-electron chi connectivity index (χ0n) is 25.3. The fourth-order valence-electron chi connectivity index (χ4n) is 5.30. The number of ether oxygens (including phenoxy) is 2. The van der Waals surface area contributed by atoms with Crippen LogP contribution in [0.4, 0.5) is 21.0 Å². The molecule has 2 aliphatic heterocycles. The molecule has 2 aromatic rings. The van der Waals surface area contributed by atoms with E-state index in [4.69, 9.17) is 9.47 Å². The third-order valence-corrected chi connectivity index (χ3v) is 8.11. The van der Waals surface area contributed by atoms with E-state index in [0.717, 1.165) is 6.54 Å². The summed E-state index contributed by atoms with van der Waals surface area (Å²) in [4.78, 5) is 68.6. The molecule has 0 aromatic heterocycles. The van der Waals surface area contributed by atoms with Gasteiger partial charge >= 0.3 is 12.2 Å². The molecular formula is C29H35N7O9S. The Hall–Kier alpha value is -4.77. The first-order valence-electron chi connectivity index (χ1n) is 14.4. The van der Waals surface area contributed by atoms with Gasteiger partial charge in [0.2, 0.25) is 11.9 Å². The quantitative estimate of drug-likeness (QED) is 0.132. The van der Waals surface area contributed by atoms with Gasteiger partial charge in [-0.15, -0.1) is 4.99 Å². The summed E-state index contributed by atoms with van der Waals surface area (Å²) in [6, 6.07) is 10.7. The number of hydrogen-bond donors (Lipinski definition) is 2. The van der Waals surface area contributed by atoms with Crippen molar-refractivity contribution in [3.63, 3.8) is 0 Å². The number of rotatable bonds is 9. The zero-order chi connectivity index (χ0) is 33.4. The summed E-state index contributed by atoms with van der Waals surface area (Å²) < 4.78 is 10.5. The highest BCUT2D eigenvalue weighted by atomic mass is 32.1. The number of guanidine groups is 1. The van der Waals surface area contributed by atoms with Gasteiger partial charge in [0, 0.05) is 62.7 Å². The van der Waals surface area contributed by atoms with E-state index in [9.17, 15) is 34.6 Å². The molecule has 3 amide bonds. The molecule has 1 N–H and O–H groups in total. The van der Waals surface area contributed by atoms with Gasteiger partial charge in [-0.3, -0.25) is 35.2 Å². The van der Waals surface area contributed by atoms with E-state index in [-0.39, 0.29) is 53.7 Å². The minimum Gasteiger partial charge on any atom is -0.444 e. The maximum absolute atomic E-state index is 13.2. The number of likely N-dealkylation sites (tertiary alicyclic amines) is 2. The summed E-state index contributed by atoms with van der Waals surface area (Å²) >= 11 is 4.52. The van der Waals surface area contributed by atoms with E-state index < -0.39 is 22.0 Å². The largest absolute Gasteiger partial charge is 0.444 e. The normalized spacial score (nSPS) is 19.8. The van der Waals surface area contributed by atoms with Crippen molar-refractivity contribution in [3.05, 3.63) is 79.9 Å². The highest BCUT2D eigenvalue weighted by Crippen LogP contribution is 2.25. The highest BCUT2D eigenvalue weighted by molar-refractivity contribution is 7.81. The fourth-order valence-corrected chi connectivity index (χ4v) is 5.76. The number of amides is 3. The third-order valence-electron chi connectivity index (χ3n) is 7.74. The minimum absolute atomic E-state index is 0.0201. The van der Waals surface area contributed by atoms with E-state index in [1.165, 1.54) is 48.5 Å². The van der Waals surface area contributed by atoms with Crippen molar-refractivity contribution in [3.8, 4) is 0 Å². The van der Waals surface area contributed by atoms with Gasteiger partial charge in [0.05, 0.1) is 15.9 Å². The number of nitro benzene ring substituents is 2. The average molecular weight is 658 g/mol. The number of thiol groups is 1. The van der Waals surface area contributed by atoms with Crippen molar-refractivity contribution in [2.45, 2.75) is 37.3 Å². The Morgan fingerprint density at radius 2 is 1.54 bits per heavy atom. The van der Waals surface area contributed by atoms with E-state index >= 15 is 0 Å². The summed E-state index contributed by atoms with van der Waals surface area (Å²) in [7, 11) is 3.54. The molecule has 0 spiro atoms. The number of non-ortho nitro benzene ring substituents is 2. The molecule has 0 bridgehead atoms. The van der Waals surface area contributed by atoms with E-state index in [1.54, 1.807) is 11.9 Å². The first-order chi connectivity index (χ1) is 21.9. The van der Waals surface area contributed by atoms with Crippen molar-refractivity contribution >= 4 is 48.1 Å². The smallest absolute Gasteiger partial charge is 0.437 e. The molecule has 2 aromatic carbocycles. The monoisotopic (exact) mass is 657 g/mol. The highest BCUT2D eigenvalue weighted by Gasteiger charge is 2.38. The van der Waals surface area contributed by atoms with Crippen LogP contribution in [-0.2, 0) is 27.5 Å². The summed E-state index contributed by atoms with van der Waals surface area (Å²) in [5.74, 6) is -0.0757. The maximum Gasteiger partial charge on any atom is 0.437 e. The van der Waals surface area contributed by atoms with Crippen LogP contribution >= 0.6 is 12.6 Å². The molecule has 3 atom stereocenters. The number of carbonyl (C=O) groups is 3. The second-order valence-corrected chi connectivity index (χ2v) is 11.9. The molecule has 246 valence electrons. The Morgan fingerprint density at radius 3 is 2.07 bits per heavy atom. The first kappa shape index (κ1) is 34.1. The number of carbonyl (C=O) groups excluding carboxylic acids is 3. The molecule has 46 heavy (non-hydrogen) atoms. The first-order valence-corrected chi connectivity index (χ1v) is 15.0. The van der Waals surface area contributed by atoms with Crippen LogP contribution in [0.25, 0.3) is 0 Å². The van der Waals surface area contributed by atoms with Gasteiger partial charge in [-0.05, 0) is 61.2 Å². The molecule has 17 heteroatoms. The number of hydrogen-bond acceptors (Lipinski definition) is 11. The molecule has 0 unspecified atom stereocenters. The fraction of sp³-hybridized carbons (Fsp3) is 0.448.